The Labute approximate surface area is 165 Å². The van der Waals surface area contributed by atoms with E-state index in [4.69, 9.17) is 43.1 Å². The summed E-state index contributed by atoms with van der Waals surface area (Å²) < 4.78 is 16.2. The number of hydrogen-bond donors (Lipinski definition) is 1. The summed E-state index contributed by atoms with van der Waals surface area (Å²) in [5.74, 6) is 1.58. The summed E-state index contributed by atoms with van der Waals surface area (Å²) in [6.07, 6.45) is 0. The monoisotopic (exact) mass is 410 g/mol. The molecule has 3 rings (SSSR count). The molecule has 0 aliphatic rings. The van der Waals surface area contributed by atoms with Crippen LogP contribution in [0.4, 0.5) is 5.13 Å². The molecule has 1 heterocycles. The molecular formula is C18H16Cl2N2O3S. The Balaban J connectivity index is 2.20. The largest absolute Gasteiger partial charge is 0.493 e. The van der Waals surface area contributed by atoms with Gasteiger partial charge in [0.05, 0.1) is 41.9 Å². The Morgan fingerprint density at radius 1 is 0.885 bits per heavy atom. The average molecular weight is 411 g/mol. The van der Waals surface area contributed by atoms with Crippen molar-refractivity contribution in [1.29, 1.82) is 0 Å². The summed E-state index contributed by atoms with van der Waals surface area (Å²) in [5.41, 5.74) is 8.34. The molecular weight excluding hydrogens is 395 g/mol. The molecule has 5 nitrogen and oxygen atoms in total. The minimum absolute atomic E-state index is 0.440. The number of rotatable bonds is 5. The van der Waals surface area contributed by atoms with Crippen LogP contribution in [-0.4, -0.2) is 26.3 Å². The molecule has 26 heavy (non-hydrogen) atoms. The van der Waals surface area contributed by atoms with E-state index in [0.29, 0.717) is 38.1 Å². The summed E-state index contributed by atoms with van der Waals surface area (Å²) in [6, 6.07) is 9.07. The van der Waals surface area contributed by atoms with Gasteiger partial charge < -0.3 is 19.9 Å². The topological polar surface area (TPSA) is 66.6 Å². The molecule has 0 unspecified atom stereocenters. The SMILES string of the molecule is COc1cc(-c2nc(N)sc2-c2ccc(Cl)c(Cl)c2)cc(OC)c1OC. The molecule has 2 N–H and O–H groups in total. The molecule has 0 saturated carbocycles. The fourth-order valence-electron chi connectivity index (χ4n) is 2.58. The van der Waals surface area contributed by atoms with E-state index in [1.165, 1.54) is 11.3 Å². The van der Waals surface area contributed by atoms with Crippen LogP contribution in [0.3, 0.4) is 0 Å². The van der Waals surface area contributed by atoms with Crippen LogP contribution in [0.5, 0.6) is 17.2 Å². The van der Waals surface area contributed by atoms with Gasteiger partial charge >= 0.3 is 0 Å². The molecule has 1 aromatic heterocycles. The van der Waals surface area contributed by atoms with Gasteiger partial charge in [-0.05, 0) is 29.8 Å². The Morgan fingerprint density at radius 3 is 2.08 bits per heavy atom. The van der Waals surface area contributed by atoms with Crippen molar-refractivity contribution in [1.82, 2.24) is 4.98 Å². The first-order valence-electron chi connectivity index (χ1n) is 7.50. The quantitative estimate of drug-likeness (QED) is 0.610. The smallest absolute Gasteiger partial charge is 0.203 e. The maximum atomic E-state index is 6.17. The lowest BCUT2D eigenvalue weighted by Crippen LogP contribution is -1.96. The fraction of sp³-hybridized carbons (Fsp3) is 0.167. The maximum Gasteiger partial charge on any atom is 0.203 e. The fourth-order valence-corrected chi connectivity index (χ4v) is 3.73. The van der Waals surface area contributed by atoms with Gasteiger partial charge in [-0.25, -0.2) is 4.98 Å². The molecule has 0 saturated heterocycles. The zero-order valence-electron chi connectivity index (χ0n) is 14.3. The zero-order chi connectivity index (χ0) is 18.8. The van der Waals surface area contributed by atoms with E-state index in [9.17, 15) is 0 Å². The maximum absolute atomic E-state index is 6.17. The summed E-state index contributed by atoms with van der Waals surface area (Å²) in [5, 5.41) is 1.39. The molecule has 0 amide bonds. The van der Waals surface area contributed by atoms with Crippen molar-refractivity contribution >= 4 is 39.7 Å². The molecule has 0 aliphatic heterocycles. The number of thiazole rings is 1. The van der Waals surface area contributed by atoms with Crippen LogP contribution < -0.4 is 19.9 Å². The van der Waals surface area contributed by atoms with E-state index in [1.807, 2.05) is 18.2 Å². The molecule has 8 heteroatoms. The molecule has 2 aromatic carbocycles. The second-order valence-corrected chi connectivity index (χ2v) is 7.12. The molecule has 0 radical (unpaired) electrons. The van der Waals surface area contributed by atoms with Crippen molar-refractivity contribution in [3.8, 4) is 38.9 Å². The summed E-state index contributed by atoms with van der Waals surface area (Å²) >= 11 is 13.6. The van der Waals surface area contributed by atoms with E-state index < -0.39 is 0 Å². The van der Waals surface area contributed by atoms with E-state index in [0.717, 1.165) is 16.0 Å². The van der Waals surface area contributed by atoms with E-state index >= 15 is 0 Å². The Bertz CT molecular complexity index is 935. The van der Waals surface area contributed by atoms with Crippen LogP contribution in [0, 0.1) is 0 Å². The van der Waals surface area contributed by atoms with Gasteiger partial charge in [-0.15, -0.1) is 0 Å². The molecule has 136 valence electrons. The van der Waals surface area contributed by atoms with Crippen molar-refractivity contribution < 1.29 is 14.2 Å². The second-order valence-electron chi connectivity index (χ2n) is 5.27. The Morgan fingerprint density at radius 2 is 1.54 bits per heavy atom. The zero-order valence-corrected chi connectivity index (χ0v) is 16.6. The van der Waals surface area contributed by atoms with Gasteiger partial charge in [-0.1, -0.05) is 40.6 Å². The number of anilines is 1. The van der Waals surface area contributed by atoms with Crippen molar-refractivity contribution in [3.05, 3.63) is 40.4 Å². The van der Waals surface area contributed by atoms with Crippen LogP contribution in [0.1, 0.15) is 0 Å². The minimum Gasteiger partial charge on any atom is -0.493 e. The van der Waals surface area contributed by atoms with Gasteiger partial charge in [0.15, 0.2) is 16.6 Å². The number of ether oxygens (including phenoxy) is 3. The van der Waals surface area contributed by atoms with Gasteiger partial charge in [0.25, 0.3) is 0 Å². The molecule has 0 bridgehead atoms. The predicted octanol–water partition coefficient (Wildman–Crippen LogP) is 5.39. The third-order valence-corrected chi connectivity index (χ3v) is 5.44. The van der Waals surface area contributed by atoms with E-state index in [2.05, 4.69) is 4.98 Å². The summed E-state index contributed by atoms with van der Waals surface area (Å²) in [6.45, 7) is 0. The van der Waals surface area contributed by atoms with E-state index in [-0.39, 0.29) is 0 Å². The highest BCUT2D eigenvalue weighted by Gasteiger charge is 2.20. The molecule has 3 aromatic rings. The number of nitrogens with zero attached hydrogens (tertiary/aromatic N) is 1. The third kappa shape index (κ3) is 3.40. The number of nitrogen functional groups attached to an aromatic ring is 1. The number of benzene rings is 2. The number of halogens is 2. The summed E-state index contributed by atoms with van der Waals surface area (Å²) in [7, 11) is 4.69. The van der Waals surface area contributed by atoms with Crippen molar-refractivity contribution in [2.45, 2.75) is 0 Å². The van der Waals surface area contributed by atoms with Crippen molar-refractivity contribution in [2.24, 2.45) is 0 Å². The van der Waals surface area contributed by atoms with Crippen molar-refractivity contribution in [2.75, 3.05) is 27.1 Å². The van der Waals surface area contributed by atoms with E-state index in [1.54, 1.807) is 33.5 Å². The van der Waals surface area contributed by atoms with Gasteiger partial charge in [0.2, 0.25) is 5.75 Å². The van der Waals surface area contributed by atoms with Crippen LogP contribution in [0.25, 0.3) is 21.7 Å². The van der Waals surface area contributed by atoms with Gasteiger partial charge in [-0.2, -0.15) is 0 Å². The highest BCUT2D eigenvalue weighted by Crippen LogP contribution is 2.45. The molecule has 0 aliphatic carbocycles. The lowest BCUT2D eigenvalue weighted by molar-refractivity contribution is 0.324. The van der Waals surface area contributed by atoms with Crippen LogP contribution in [0.2, 0.25) is 10.0 Å². The first kappa shape index (κ1) is 18.6. The highest BCUT2D eigenvalue weighted by atomic mass is 35.5. The van der Waals surface area contributed by atoms with Crippen LogP contribution >= 0.6 is 34.5 Å². The van der Waals surface area contributed by atoms with Gasteiger partial charge in [0.1, 0.15) is 0 Å². The standard InChI is InChI=1S/C18H16Cl2N2O3S/c1-23-13-7-10(8-14(24-2)16(13)25-3)15-17(26-18(21)22-15)9-4-5-11(19)12(20)6-9/h4-8H,1-3H3,(H2,21,22). The predicted molar refractivity (Wildman–Crippen MR) is 107 cm³/mol. The number of methoxy groups -OCH3 is 3. The first-order valence-corrected chi connectivity index (χ1v) is 9.07. The van der Waals surface area contributed by atoms with Crippen LogP contribution in [0.15, 0.2) is 30.3 Å². The molecule has 0 fully saturated rings. The van der Waals surface area contributed by atoms with Crippen molar-refractivity contribution in [3.63, 3.8) is 0 Å². The third-order valence-electron chi connectivity index (χ3n) is 3.76. The molecule has 0 spiro atoms. The average Bonchev–Trinajstić information content (AvgIpc) is 3.04. The summed E-state index contributed by atoms with van der Waals surface area (Å²) in [4.78, 5) is 5.35. The van der Waals surface area contributed by atoms with Gasteiger partial charge in [-0.3, -0.25) is 0 Å². The number of aromatic nitrogens is 1. The second kappa shape index (κ2) is 7.61. The lowest BCUT2D eigenvalue weighted by atomic mass is 10.1. The van der Waals surface area contributed by atoms with Gasteiger partial charge in [0, 0.05) is 5.56 Å². The first-order chi connectivity index (χ1) is 12.5. The van der Waals surface area contributed by atoms with Crippen LogP contribution in [-0.2, 0) is 0 Å². The lowest BCUT2D eigenvalue weighted by Gasteiger charge is -2.14. The minimum atomic E-state index is 0.440. The Kier molecular flexibility index (Phi) is 5.46. The highest BCUT2D eigenvalue weighted by molar-refractivity contribution is 7.19. The number of nitrogens with two attached hydrogens (primary N) is 1. The number of hydrogen-bond acceptors (Lipinski definition) is 6. The molecule has 0 atom stereocenters. The normalized spacial score (nSPS) is 10.7. The Hall–Kier alpha value is -2.15.